The minimum absolute atomic E-state index is 0.0233. The second kappa shape index (κ2) is 7.05. The Bertz CT molecular complexity index is 957. The van der Waals surface area contributed by atoms with Gasteiger partial charge in [0.15, 0.2) is 11.3 Å². The maximum Gasteiger partial charge on any atom is 0.229 e. The fraction of sp³-hybridized carbons (Fsp3) is 0.375. The summed E-state index contributed by atoms with van der Waals surface area (Å²) in [5.74, 6) is 0.595. The molecule has 0 aliphatic carbocycles. The maximum atomic E-state index is 10.0. The van der Waals surface area contributed by atoms with Gasteiger partial charge in [-0.1, -0.05) is 11.6 Å². The highest BCUT2D eigenvalue weighted by molar-refractivity contribution is 6.30. The predicted molar refractivity (Wildman–Crippen MR) is 99.0 cm³/mol. The van der Waals surface area contributed by atoms with Crippen LogP contribution < -0.4 is 10.2 Å². The van der Waals surface area contributed by atoms with E-state index >= 15 is 0 Å². The zero-order chi connectivity index (χ0) is 19.0. The molecule has 1 saturated heterocycles. The number of halogens is 1. The molecule has 1 aromatic carbocycles. The molecule has 0 bridgehead atoms. The number of fused-ring (bicyclic) bond motifs is 1. The van der Waals surface area contributed by atoms with Gasteiger partial charge >= 0.3 is 0 Å². The van der Waals surface area contributed by atoms with E-state index in [1.54, 1.807) is 0 Å². The highest BCUT2D eigenvalue weighted by Gasteiger charge is 2.27. The molecule has 1 aliphatic rings. The zero-order valence-corrected chi connectivity index (χ0v) is 15.0. The number of hydrogen-bond acceptors (Lipinski definition) is 9. The van der Waals surface area contributed by atoms with Gasteiger partial charge in [-0.15, -0.1) is 5.10 Å². The molecule has 0 radical (unpaired) electrons. The van der Waals surface area contributed by atoms with E-state index in [0.29, 0.717) is 22.9 Å². The quantitative estimate of drug-likeness (QED) is 0.435. The Morgan fingerprint density at radius 1 is 1.22 bits per heavy atom. The Kier molecular flexibility index (Phi) is 4.58. The minimum Gasteiger partial charge on any atom is -0.507 e. The van der Waals surface area contributed by atoms with Crippen LogP contribution in [0.15, 0.2) is 12.1 Å². The van der Waals surface area contributed by atoms with Gasteiger partial charge in [0.2, 0.25) is 11.6 Å². The van der Waals surface area contributed by atoms with Gasteiger partial charge in [0, 0.05) is 18.1 Å². The van der Waals surface area contributed by atoms with E-state index in [4.69, 9.17) is 11.6 Å². The Hall–Kier alpha value is -2.85. The van der Waals surface area contributed by atoms with Crippen LogP contribution >= 0.6 is 11.6 Å². The van der Waals surface area contributed by atoms with E-state index in [0.717, 1.165) is 19.4 Å². The molecule has 3 heterocycles. The lowest BCUT2D eigenvalue weighted by Crippen LogP contribution is -2.33. The van der Waals surface area contributed by atoms with Crippen LogP contribution in [0.5, 0.6) is 11.5 Å². The predicted octanol–water partition coefficient (Wildman–Crippen LogP) is 1.39. The lowest BCUT2D eigenvalue weighted by molar-refractivity contribution is 0.265. The van der Waals surface area contributed by atoms with Crippen molar-refractivity contribution in [2.75, 3.05) is 23.4 Å². The molecule has 27 heavy (non-hydrogen) atoms. The van der Waals surface area contributed by atoms with Crippen LogP contribution in [0.1, 0.15) is 18.4 Å². The van der Waals surface area contributed by atoms with Gasteiger partial charge in [-0.25, -0.2) is 0 Å². The topological polar surface area (TPSA) is 143 Å². The number of aromatic nitrogens is 5. The number of hydrogen-bond donors (Lipinski definition) is 5. The van der Waals surface area contributed by atoms with Crippen molar-refractivity contribution in [1.29, 1.82) is 0 Å². The number of rotatable bonds is 5. The number of phenolic OH excluding ortho intramolecular Hbond substituents is 2. The molecule has 1 aliphatic heterocycles. The normalized spacial score (nSPS) is 17.0. The smallest absolute Gasteiger partial charge is 0.229 e. The summed E-state index contributed by atoms with van der Waals surface area (Å²) in [6.07, 6.45) is 1.81. The summed E-state index contributed by atoms with van der Waals surface area (Å²) in [6.45, 7) is 0.860. The van der Waals surface area contributed by atoms with Crippen molar-refractivity contribution in [3.05, 3.63) is 22.7 Å². The number of aliphatic hydroxyl groups excluding tert-OH is 1. The fourth-order valence-corrected chi connectivity index (χ4v) is 3.44. The van der Waals surface area contributed by atoms with E-state index in [-0.39, 0.29) is 41.3 Å². The van der Waals surface area contributed by atoms with Gasteiger partial charge in [0.05, 0.1) is 18.2 Å². The van der Waals surface area contributed by atoms with Crippen LogP contribution in [0.25, 0.3) is 11.2 Å². The molecule has 5 N–H and O–H groups in total. The molecule has 1 atom stereocenters. The number of nitrogens with one attached hydrogen (secondary N) is 2. The number of aromatic amines is 1. The summed E-state index contributed by atoms with van der Waals surface area (Å²) < 4.78 is 0. The Balaban J connectivity index is 1.66. The van der Waals surface area contributed by atoms with Crippen LogP contribution in [0, 0.1) is 0 Å². The molecule has 2 aromatic heterocycles. The lowest BCUT2D eigenvalue weighted by atomic mass is 10.1. The molecular formula is C16H18ClN7O3. The molecule has 1 unspecified atom stereocenters. The van der Waals surface area contributed by atoms with Gasteiger partial charge < -0.3 is 25.5 Å². The Labute approximate surface area is 158 Å². The van der Waals surface area contributed by atoms with E-state index in [9.17, 15) is 15.3 Å². The number of phenols is 2. The van der Waals surface area contributed by atoms with E-state index in [2.05, 4.69) is 30.7 Å². The van der Waals surface area contributed by atoms with Gasteiger partial charge in [0.1, 0.15) is 11.5 Å². The third kappa shape index (κ3) is 3.28. The van der Waals surface area contributed by atoms with Crippen molar-refractivity contribution in [3.63, 3.8) is 0 Å². The van der Waals surface area contributed by atoms with Crippen LogP contribution in [0.3, 0.4) is 0 Å². The van der Waals surface area contributed by atoms with Crippen molar-refractivity contribution < 1.29 is 15.3 Å². The molecule has 10 nitrogen and oxygen atoms in total. The van der Waals surface area contributed by atoms with Crippen molar-refractivity contribution in [2.45, 2.75) is 25.4 Å². The first kappa shape index (κ1) is 17.6. The number of aromatic hydroxyl groups is 2. The van der Waals surface area contributed by atoms with Gasteiger partial charge in [-0.2, -0.15) is 20.3 Å². The third-order valence-corrected chi connectivity index (χ3v) is 4.83. The summed E-state index contributed by atoms with van der Waals surface area (Å²) in [5.41, 5.74) is 1.10. The molecule has 1 fully saturated rings. The molecule has 0 saturated carbocycles. The largest absolute Gasteiger partial charge is 0.507 e. The van der Waals surface area contributed by atoms with Crippen molar-refractivity contribution in [2.24, 2.45) is 0 Å². The minimum atomic E-state index is -0.127. The monoisotopic (exact) mass is 391 g/mol. The highest BCUT2D eigenvalue weighted by Crippen LogP contribution is 2.32. The van der Waals surface area contributed by atoms with Crippen LogP contribution in [-0.2, 0) is 6.54 Å². The average Bonchev–Trinajstić information content (AvgIpc) is 3.29. The van der Waals surface area contributed by atoms with Gasteiger partial charge in [0.25, 0.3) is 0 Å². The lowest BCUT2D eigenvalue weighted by Gasteiger charge is -2.23. The Morgan fingerprint density at radius 2 is 2.00 bits per heavy atom. The summed E-state index contributed by atoms with van der Waals surface area (Å²) in [6, 6.07) is 2.67. The molecule has 0 spiro atoms. The molecule has 0 amide bonds. The number of nitrogens with zero attached hydrogens (tertiary/aromatic N) is 5. The number of H-pyrrole nitrogens is 1. The fourth-order valence-electron chi connectivity index (χ4n) is 3.24. The first-order valence-electron chi connectivity index (χ1n) is 8.47. The molecule has 3 aromatic rings. The average molecular weight is 392 g/mol. The second-order valence-corrected chi connectivity index (χ2v) is 6.75. The van der Waals surface area contributed by atoms with E-state index in [1.165, 1.54) is 12.1 Å². The molecule has 4 rings (SSSR count). The van der Waals surface area contributed by atoms with Crippen molar-refractivity contribution in [1.82, 2.24) is 25.4 Å². The van der Waals surface area contributed by atoms with Crippen molar-refractivity contribution in [3.8, 4) is 11.5 Å². The molecular weight excluding hydrogens is 374 g/mol. The number of anilines is 2. The molecule has 11 heteroatoms. The van der Waals surface area contributed by atoms with E-state index in [1.807, 2.05) is 4.90 Å². The van der Waals surface area contributed by atoms with Gasteiger partial charge in [-0.3, -0.25) is 0 Å². The van der Waals surface area contributed by atoms with Crippen LogP contribution in [0.2, 0.25) is 5.02 Å². The first-order chi connectivity index (χ1) is 13.1. The van der Waals surface area contributed by atoms with Crippen LogP contribution in [0.4, 0.5) is 11.8 Å². The highest BCUT2D eigenvalue weighted by atomic mass is 35.5. The third-order valence-electron chi connectivity index (χ3n) is 4.62. The number of benzene rings is 1. The van der Waals surface area contributed by atoms with E-state index < -0.39 is 0 Å². The Morgan fingerprint density at radius 3 is 2.74 bits per heavy atom. The second-order valence-electron chi connectivity index (χ2n) is 6.32. The van der Waals surface area contributed by atoms with Crippen molar-refractivity contribution >= 4 is 34.5 Å². The summed E-state index contributed by atoms with van der Waals surface area (Å²) in [5, 5.41) is 43.5. The standard InChI is InChI=1S/C16H18ClN7O3/c17-8-4-11(26)10(12(27)5-8)6-18-14-13-15(22-23-21-13)20-16(19-14)24-3-1-2-9(24)7-25/h4-5,9,25-27H,1-3,6-7H2,(H2,18,19,20,21,22,23). The molecule has 142 valence electrons. The summed E-state index contributed by atoms with van der Waals surface area (Å²) in [4.78, 5) is 10.9. The maximum absolute atomic E-state index is 10.0. The SMILES string of the molecule is OCC1CCCN1c1nc(NCc2c(O)cc(Cl)cc2O)c2n[nH]nc2n1. The summed E-state index contributed by atoms with van der Waals surface area (Å²) in [7, 11) is 0. The first-order valence-corrected chi connectivity index (χ1v) is 8.85. The summed E-state index contributed by atoms with van der Waals surface area (Å²) >= 11 is 5.81. The van der Waals surface area contributed by atoms with Gasteiger partial charge in [-0.05, 0) is 25.0 Å². The number of aliphatic hydroxyl groups is 1. The van der Waals surface area contributed by atoms with Crippen LogP contribution in [-0.4, -0.2) is 59.9 Å². The zero-order valence-electron chi connectivity index (χ0n) is 14.2.